The van der Waals surface area contributed by atoms with Crippen LogP contribution in [0.4, 0.5) is 4.39 Å². The molecule has 0 atom stereocenters. The van der Waals surface area contributed by atoms with Gasteiger partial charge in [0.1, 0.15) is 11.5 Å². The lowest BCUT2D eigenvalue weighted by atomic mass is 10.1. The van der Waals surface area contributed by atoms with E-state index in [2.05, 4.69) is 15.8 Å². The Kier molecular flexibility index (Phi) is 4.98. The van der Waals surface area contributed by atoms with Gasteiger partial charge in [-0.2, -0.15) is 0 Å². The van der Waals surface area contributed by atoms with E-state index in [1.165, 1.54) is 18.3 Å². The largest absolute Gasteiger partial charge is 0.288 e. The zero-order valence-electron chi connectivity index (χ0n) is 11.2. The molecule has 108 valence electrons. The number of rotatable bonds is 4. The van der Waals surface area contributed by atoms with Gasteiger partial charge in [0.25, 0.3) is 5.91 Å². The van der Waals surface area contributed by atoms with Gasteiger partial charge in [0.2, 0.25) is 5.91 Å². The van der Waals surface area contributed by atoms with Crippen LogP contribution >= 0.6 is 0 Å². The van der Waals surface area contributed by atoms with E-state index in [0.717, 1.165) is 5.56 Å². The highest BCUT2D eigenvalue weighted by molar-refractivity contribution is 5.93. The number of aromatic nitrogens is 1. The molecule has 0 spiro atoms. The lowest BCUT2D eigenvalue weighted by Crippen LogP contribution is -2.42. The van der Waals surface area contributed by atoms with Gasteiger partial charge < -0.3 is 0 Å². The summed E-state index contributed by atoms with van der Waals surface area (Å²) >= 11 is 0. The average Bonchev–Trinajstić information content (AvgIpc) is 2.53. The van der Waals surface area contributed by atoms with Crippen LogP contribution in [0.15, 0.2) is 48.7 Å². The number of aryl methyl sites for hydroxylation is 1. The van der Waals surface area contributed by atoms with Crippen LogP contribution in [-0.2, 0) is 11.2 Å². The Morgan fingerprint density at radius 1 is 1.05 bits per heavy atom. The molecule has 0 aliphatic carbocycles. The molecule has 1 aromatic carbocycles. The SMILES string of the molecule is O=C(CCc1ccc(F)cc1)NNC(=O)c1ccccn1. The van der Waals surface area contributed by atoms with Gasteiger partial charge in [-0.3, -0.25) is 25.4 Å². The highest BCUT2D eigenvalue weighted by Gasteiger charge is 2.08. The fraction of sp³-hybridized carbons (Fsp3) is 0.133. The highest BCUT2D eigenvalue weighted by Crippen LogP contribution is 2.05. The molecule has 2 rings (SSSR count). The summed E-state index contributed by atoms with van der Waals surface area (Å²) in [6, 6.07) is 10.8. The van der Waals surface area contributed by atoms with Crippen LogP contribution in [0.25, 0.3) is 0 Å². The lowest BCUT2D eigenvalue weighted by molar-refractivity contribution is -0.121. The topological polar surface area (TPSA) is 71.1 Å². The highest BCUT2D eigenvalue weighted by atomic mass is 19.1. The Hall–Kier alpha value is -2.76. The van der Waals surface area contributed by atoms with E-state index in [1.807, 2.05) is 0 Å². The summed E-state index contributed by atoms with van der Waals surface area (Å²) in [7, 11) is 0. The van der Waals surface area contributed by atoms with Crippen LogP contribution in [0, 0.1) is 5.82 Å². The molecule has 2 amide bonds. The van der Waals surface area contributed by atoms with Gasteiger partial charge in [-0.05, 0) is 36.2 Å². The Labute approximate surface area is 121 Å². The van der Waals surface area contributed by atoms with E-state index < -0.39 is 5.91 Å². The molecular weight excluding hydrogens is 273 g/mol. The maximum atomic E-state index is 12.7. The molecule has 0 unspecified atom stereocenters. The molecule has 21 heavy (non-hydrogen) atoms. The van der Waals surface area contributed by atoms with E-state index in [1.54, 1.807) is 30.3 Å². The predicted octanol–water partition coefficient (Wildman–Crippen LogP) is 1.61. The minimum atomic E-state index is -0.481. The third-order valence-electron chi connectivity index (χ3n) is 2.77. The Morgan fingerprint density at radius 2 is 1.81 bits per heavy atom. The van der Waals surface area contributed by atoms with Gasteiger partial charge in [0.15, 0.2) is 0 Å². The summed E-state index contributed by atoms with van der Waals surface area (Å²) < 4.78 is 12.7. The van der Waals surface area contributed by atoms with E-state index in [9.17, 15) is 14.0 Å². The zero-order chi connectivity index (χ0) is 15.1. The predicted molar refractivity (Wildman–Crippen MR) is 74.6 cm³/mol. The molecule has 0 aliphatic heterocycles. The fourth-order valence-corrected chi connectivity index (χ4v) is 1.66. The number of nitrogens with zero attached hydrogens (tertiary/aromatic N) is 1. The maximum Gasteiger partial charge on any atom is 0.288 e. The van der Waals surface area contributed by atoms with Gasteiger partial charge in [-0.15, -0.1) is 0 Å². The van der Waals surface area contributed by atoms with E-state index in [4.69, 9.17) is 0 Å². The Morgan fingerprint density at radius 3 is 2.48 bits per heavy atom. The number of hydrogen-bond acceptors (Lipinski definition) is 3. The van der Waals surface area contributed by atoms with Crippen molar-refractivity contribution in [3.8, 4) is 0 Å². The first-order valence-corrected chi connectivity index (χ1v) is 6.40. The van der Waals surface area contributed by atoms with Crippen molar-refractivity contribution >= 4 is 11.8 Å². The average molecular weight is 287 g/mol. The van der Waals surface area contributed by atoms with Crippen LogP contribution in [0.2, 0.25) is 0 Å². The monoisotopic (exact) mass is 287 g/mol. The maximum absolute atomic E-state index is 12.7. The number of halogens is 1. The summed E-state index contributed by atoms with van der Waals surface area (Å²) in [4.78, 5) is 27.1. The lowest BCUT2D eigenvalue weighted by Gasteiger charge is -2.07. The molecule has 5 nitrogen and oxygen atoms in total. The van der Waals surface area contributed by atoms with Crippen molar-refractivity contribution in [1.29, 1.82) is 0 Å². The molecule has 6 heteroatoms. The van der Waals surface area contributed by atoms with Gasteiger partial charge in [0, 0.05) is 12.6 Å². The van der Waals surface area contributed by atoms with Crippen molar-refractivity contribution in [2.24, 2.45) is 0 Å². The van der Waals surface area contributed by atoms with Gasteiger partial charge >= 0.3 is 0 Å². The molecule has 2 aromatic rings. The van der Waals surface area contributed by atoms with Crippen molar-refractivity contribution in [3.63, 3.8) is 0 Å². The molecule has 2 N–H and O–H groups in total. The molecule has 0 bridgehead atoms. The summed E-state index contributed by atoms with van der Waals surface area (Å²) in [6.45, 7) is 0. The molecule has 1 aromatic heterocycles. The smallest absolute Gasteiger partial charge is 0.273 e. The van der Waals surface area contributed by atoms with Crippen molar-refractivity contribution in [3.05, 3.63) is 65.7 Å². The summed E-state index contributed by atoms with van der Waals surface area (Å²) in [5.41, 5.74) is 5.66. The second-order valence-corrected chi connectivity index (χ2v) is 4.34. The van der Waals surface area contributed by atoms with E-state index >= 15 is 0 Å². The molecule has 0 saturated heterocycles. The van der Waals surface area contributed by atoms with Gasteiger partial charge in [0.05, 0.1) is 0 Å². The van der Waals surface area contributed by atoms with Crippen molar-refractivity contribution in [2.75, 3.05) is 0 Å². The molecule has 0 fully saturated rings. The van der Waals surface area contributed by atoms with Gasteiger partial charge in [-0.25, -0.2) is 4.39 Å². The van der Waals surface area contributed by atoms with E-state index in [0.29, 0.717) is 6.42 Å². The normalized spacial score (nSPS) is 9.95. The van der Waals surface area contributed by atoms with Crippen LogP contribution in [0.5, 0.6) is 0 Å². The Balaban J connectivity index is 1.75. The minimum absolute atomic E-state index is 0.189. The second kappa shape index (κ2) is 7.14. The number of nitrogens with one attached hydrogen (secondary N) is 2. The third-order valence-corrected chi connectivity index (χ3v) is 2.77. The van der Waals surface area contributed by atoms with E-state index in [-0.39, 0.29) is 23.8 Å². The fourth-order valence-electron chi connectivity index (χ4n) is 1.66. The van der Waals surface area contributed by atoms with Crippen molar-refractivity contribution in [2.45, 2.75) is 12.8 Å². The zero-order valence-corrected chi connectivity index (χ0v) is 11.2. The number of carbonyl (C=O) groups excluding carboxylic acids is 2. The summed E-state index contributed by atoms with van der Waals surface area (Å²) in [5.74, 6) is -1.12. The first-order valence-electron chi connectivity index (χ1n) is 6.40. The third kappa shape index (κ3) is 4.68. The van der Waals surface area contributed by atoms with Crippen LogP contribution in [0.1, 0.15) is 22.5 Å². The number of pyridine rings is 1. The van der Waals surface area contributed by atoms with Crippen molar-refractivity contribution in [1.82, 2.24) is 15.8 Å². The molecular formula is C15H14FN3O2. The molecule has 0 radical (unpaired) electrons. The first kappa shape index (κ1) is 14.6. The molecule has 1 heterocycles. The number of carbonyl (C=O) groups is 2. The number of hydrazine groups is 1. The summed E-state index contributed by atoms with van der Waals surface area (Å²) in [6.07, 6.45) is 2.14. The second-order valence-electron chi connectivity index (χ2n) is 4.34. The number of hydrogen-bond donors (Lipinski definition) is 2. The van der Waals surface area contributed by atoms with Crippen LogP contribution in [0.3, 0.4) is 0 Å². The van der Waals surface area contributed by atoms with Crippen molar-refractivity contribution < 1.29 is 14.0 Å². The number of benzene rings is 1. The molecule has 0 saturated carbocycles. The quantitative estimate of drug-likeness (QED) is 0.839. The molecule has 0 aliphatic rings. The van der Waals surface area contributed by atoms with Gasteiger partial charge in [-0.1, -0.05) is 18.2 Å². The standard InChI is InChI=1S/C15H14FN3O2/c16-12-7-4-11(5-8-12)6-9-14(20)18-19-15(21)13-3-1-2-10-17-13/h1-5,7-8,10H,6,9H2,(H,18,20)(H,19,21). The van der Waals surface area contributed by atoms with Crippen LogP contribution in [-0.4, -0.2) is 16.8 Å². The Bertz CT molecular complexity index is 615. The van der Waals surface area contributed by atoms with Crippen LogP contribution < -0.4 is 10.9 Å². The summed E-state index contributed by atoms with van der Waals surface area (Å²) in [5, 5.41) is 0. The minimum Gasteiger partial charge on any atom is -0.273 e. The number of amides is 2. The first-order chi connectivity index (χ1) is 10.1.